The van der Waals surface area contributed by atoms with Crippen LogP contribution in [-0.2, 0) is 20.9 Å². The van der Waals surface area contributed by atoms with Crippen LogP contribution in [0.2, 0.25) is 0 Å². The SMILES string of the molecule is CCOc1cc(/C=C2/C(=O)N(CCOC)C(=O)C(C#N)=C2C)ccc1OCc1ccc(C)cc1. The van der Waals surface area contributed by atoms with Gasteiger partial charge in [-0.15, -0.1) is 0 Å². The first kappa shape index (κ1) is 24.7. The molecule has 0 fully saturated rings. The fourth-order valence-corrected chi connectivity index (χ4v) is 3.53. The van der Waals surface area contributed by atoms with Gasteiger partial charge in [0.1, 0.15) is 18.2 Å². The Morgan fingerprint density at radius 2 is 1.74 bits per heavy atom. The van der Waals surface area contributed by atoms with E-state index in [4.69, 9.17) is 14.2 Å². The van der Waals surface area contributed by atoms with Gasteiger partial charge in [0, 0.05) is 12.7 Å². The van der Waals surface area contributed by atoms with Gasteiger partial charge in [-0.2, -0.15) is 5.26 Å². The van der Waals surface area contributed by atoms with Crippen LogP contribution in [-0.4, -0.2) is 43.6 Å². The second-order valence-corrected chi connectivity index (χ2v) is 7.84. The van der Waals surface area contributed by atoms with Gasteiger partial charge < -0.3 is 14.2 Å². The van der Waals surface area contributed by atoms with Crippen molar-refractivity contribution in [2.45, 2.75) is 27.4 Å². The Hall–Kier alpha value is -3.89. The van der Waals surface area contributed by atoms with Crippen LogP contribution in [0.5, 0.6) is 11.5 Å². The molecule has 2 aromatic carbocycles. The largest absolute Gasteiger partial charge is 0.490 e. The molecule has 7 heteroatoms. The lowest BCUT2D eigenvalue weighted by Crippen LogP contribution is -2.44. The summed E-state index contributed by atoms with van der Waals surface area (Å²) in [5, 5.41) is 9.50. The van der Waals surface area contributed by atoms with E-state index in [-0.39, 0.29) is 24.3 Å². The summed E-state index contributed by atoms with van der Waals surface area (Å²) in [6, 6.07) is 15.4. The number of nitrogens with zero attached hydrogens (tertiary/aromatic N) is 2. The number of nitriles is 1. The number of hydrogen-bond donors (Lipinski definition) is 0. The molecule has 2 amide bonds. The normalized spacial score (nSPS) is 15.0. The zero-order valence-corrected chi connectivity index (χ0v) is 19.9. The van der Waals surface area contributed by atoms with E-state index in [9.17, 15) is 14.9 Å². The average Bonchev–Trinajstić information content (AvgIpc) is 2.83. The van der Waals surface area contributed by atoms with Crippen molar-refractivity contribution in [3.8, 4) is 17.6 Å². The fraction of sp³-hybridized carbons (Fsp3) is 0.296. The molecule has 0 atom stereocenters. The van der Waals surface area contributed by atoms with Crippen LogP contribution in [0.4, 0.5) is 0 Å². The zero-order chi connectivity index (χ0) is 24.7. The molecule has 0 unspecified atom stereocenters. The van der Waals surface area contributed by atoms with Crippen LogP contribution in [0.15, 0.2) is 59.2 Å². The zero-order valence-electron chi connectivity index (χ0n) is 19.9. The van der Waals surface area contributed by atoms with Crippen LogP contribution in [0.3, 0.4) is 0 Å². The summed E-state index contributed by atoms with van der Waals surface area (Å²) in [6.45, 7) is 6.61. The van der Waals surface area contributed by atoms with Crippen molar-refractivity contribution in [3.05, 3.63) is 75.9 Å². The summed E-state index contributed by atoms with van der Waals surface area (Å²) < 4.78 is 16.8. The number of imide groups is 1. The molecule has 0 saturated heterocycles. The molecule has 0 saturated carbocycles. The van der Waals surface area contributed by atoms with Gasteiger partial charge in [-0.3, -0.25) is 14.5 Å². The summed E-state index contributed by atoms with van der Waals surface area (Å²) in [5.41, 5.74) is 3.49. The predicted molar refractivity (Wildman–Crippen MR) is 128 cm³/mol. The fourth-order valence-electron chi connectivity index (χ4n) is 3.53. The number of methoxy groups -OCH3 is 1. The molecule has 34 heavy (non-hydrogen) atoms. The number of hydrogen-bond acceptors (Lipinski definition) is 6. The summed E-state index contributed by atoms with van der Waals surface area (Å²) in [7, 11) is 1.49. The van der Waals surface area contributed by atoms with E-state index in [0.717, 1.165) is 10.5 Å². The third kappa shape index (κ3) is 5.53. The first-order valence-corrected chi connectivity index (χ1v) is 11.0. The van der Waals surface area contributed by atoms with Gasteiger partial charge in [0.25, 0.3) is 11.8 Å². The summed E-state index contributed by atoms with van der Waals surface area (Å²) in [6.07, 6.45) is 1.66. The molecule has 3 rings (SSSR count). The van der Waals surface area contributed by atoms with Gasteiger partial charge in [-0.25, -0.2) is 0 Å². The number of ether oxygens (including phenoxy) is 3. The highest BCUT2D eigenvalue weighted by atomic mass is 16.5. The van der Waals surface area contributed by atoms with Crippen molar-refractivity contribution in [1.82, 2.24) is 4.90 Å². The minimum atomic E-state index is -0.603. The molecule has 2 aromatic rings. The summed E-state index contributed by atoms with van der Waals surface area (Å²) in [5.74, 6) is 0.0633. The maximum atomic E-state index is 13.1. The molecule has 0 bridgehead atoms. The van der Waals surface area contributed by atoms with Crippen LogP contribution in [0.25, 0.3) is 6.08 Å². The highest BCUT2D eigenvalue weighted by Gasteiger charge is 2.35. The monoisotopic (exact) mass is 460 g/mol. The summed E-state index contributed by atoms with van der Waals surface area (Å²) in [4.78, 5) is 26.7. The van der Waals surface area contributed by atoms with Crippen molar-refractivity contribution in [3.63, 3.8) is 0 Å². The Morgan fingerprint density at radius 3 is 2.38 bits per heavy atom. The number of rotatable bonds is 9. The van der Waals surface area contributed by atoms with Crippen molar-refractivity contribution >= 4 is 17.9 Å². The molecule has 1 aliphatic rings. The van der Waals surface area contributed by atoms with E-state index in [1.54, 1.807) is 25.1 Å². The van der Waals surface area contributed by atoms with E-state index in [0.29, 0.717) is 35.8 Å². The van der Waals surface area contributed by atoms with Crippen molar-refractivity contribution in [1.29, 1.82) is 5.26 Å². The lowest BCUT2D eigenvalue weighted by Gasteiger charge is -2.27. The Kier molecular flexibility index (Phi) is 8.23. The van der Waals surface area contributed by atoms with Crippen LogP contribution >= 0.6 is 0 Å². The Bertz CT molecular complexity index is 1170. The van der Waals surface area contributed by atoms with Crippen LogP contribution in [0.1, 0.15) is 30.5 Å². The molecule has 176 valence electrons. The standard InChI is InChI=1S/C27H28N2O5/c1-5-33-25-15-21(10-11-24(25)34-17-20-8-6-18(2)7-9-20)14-22-19(3)23(16-28)27(31)29(26(22)30)12-13-32-4/h6-11,14-15H,5,12-13,17H2,1-4H3/b22-14+. The number of carbonyl (C=O) groups excluding carboxylic acids is 2. The van der Waals surface area contributed by atoms with Gasteiger partial charge in [-0.05, 0) is 55.7 Å². The molecular weight excluding hydrogens is 432 g/mol. The molecule has 0 radical (unpaired) electrons. The maximum absolute atomic E-state index is 13.1. The highest BCUT2D eigenvalue weighted by molar-refractivity contribution is 6.19. The summed E-state index contributed by atoms with van der Waals surface area (Å²) >= 11 is 0. The molecule has 1 aliphatic heterocycles. The van der Waals surface area contributed by atoms with Gasteiger partial charge in [0.15, 0.2) is 11.5 Å². The van der Waals surface area contributed by atoms with E-state index in [1.807, 2.05) is 50.2 Å². The molecule has 0 aromatic heterocycles. The lowest BCUT2D eigenvalue weighted by atomic mass is 9.93. The second-order valence-electron chi connectivity index (χ2n) is 7.84. The Morgan fingerprint density at radius 1 is 1.00 bits per heavy atom. The minimum Gasteiger partial charge on any atom is -0.490 e. The Labute approximate surface area is 199 Å². The highest BCUT2D eigenvalue weighted by Crippen LogP contribution is 2.32. The molecule has 0 spiro atoms. The first-order valence-electron chi connectivity index (χ1n) is 11.0. The molecule has 0 N–H and O–H groups in total. The van der Waals surface area contributed by atoms with Gasteiger partial charge in [0.2, 0.25) is 0 Å². The maximum Gasteiger partial charge on any atom is 0.271 e. The molecular formula is C27H28N2O5. The van der Waals surface area contributed by atoms with Gasteiger partial charge in [-0.1, -0.05) is 35.9 Å². The van der Waals surface area contributed by atoms with Crippen LogP contribution < -0.4 is 9.47 Å². The van der Waals surface area contributed by atoms with Gasteiger partial charge >= 0.3 is 0 Å². The molecule has 1 heterocycles. The smallest absolute Gasteiger partial charge is 0.271 e. The Balaban J connectivity index is 1.92. The molecule has 0 aliphatic carbocycles. The van der Waals surface area contributed by atoms with Crippen molar-refractivity contribution in [2.24, 2.45) is 0 Å². The van der Waals surface area contributed by atoms with E-state index in [1.165, 1.54) is 12.7 Å². The quantitative estimate of drug-likeness (QED) is 0.411. The second kappa shape index (κ2) is 11.3. The van der Waals surface area contributed by atoms with E-state index in [2.05, 4.69) is 0 Å². The lowest BCUT2D eigenvalue weighted by molar-refractivity contribution is -0.141. The predicted octanol–water partition coefficient (Wildman–Crippen LogP) is 4.21. The molecule has 7 nitrogen and oxygen atoms in total. The van der Waals surface area contributed by atoms with E-state index >= 15 is 0 Å². The van der Waals surface area contributed by atoms with Crippen molar-refractivity contribution < 1.29 is 23.8 Å². The van der Waals surface area contributed by atoms with Gasteiger partial charge in [0.05, 0.1) is 19.8 Å². The van der Waals surface area contributed by atoms with Crippen molar-refractivity contribution in [2.75, 3.05) is 26.9 Å². The number of amides is 2. The number of benzene rings is 2. The topological polar surface area (TPSA) is 88.9 Å². The van der Waals surface area contributed by atoms with E-state index < -0.39 is 11.8 Å². The third-order valence-electron chi connectivity index (χ3n) is 5.44. The third-order valence-corrected chi connectivity index (χ3v) is 5.44. The average molecular weight is 461 g/mol. The number of carbonyl (C=O) groups is 2. The first-order chi connectivity index (χ1) is 16.4. The number of aryl methyl sites for hydroxylation is 1. The minimum absolute atomic E-state index is 0.0509. The van der Waals surface area contributed by atoms with Crippen LogP contribution in [0, 0.1) is 18.3 Å².